The molecule has 0 radical (unpaired) electrons. The van der Waals surface area contributed by atoms with Crippen LogP contribution in [0.25, 0.3) is 0 Å². The molecule has 0 spiro atoms. The molecule has 7 heteroatoms. The molecule has 0 amide bonds. The summed E-state index contributed by atoms with van der Waals surface area (Å²) in [6.07, 6.45) is 0. The van der Waals surface area contributed by atoms with Gasteiger partial charge in [0.25, 0.3) is 0 Å². The normalized spacial score (nSPS) is 10.9. The largest absolute Gasteiger partial charge is 0.494 e. The molecule has 2 N–H and O–H groups in total. The summed E-state index contributed by atoms with van der Waals surface area (Å²) in [6, 6.07) is 7.97. The first-order chi connectivity index (χ1) is 11.3. The lowest BCUT2D eigenvalue weighted by molar-refractivity contribution is 0.0733. The molecule has 0 fully saturated rings. The number of rotatable bonds is 11. The van der Waals surface area contributed by atoms with E-state index >= 15 is 0 Å². The van der Waals surface area contributed by atoms with Crippen LogP contribution < -0.4 is 15.4 Å². The Balaban J connectivity index is 0.00000529. The number of ether oxygens (including phenoxy) is 3. The van der Waals surface area contributed by atoms with Gasteiger partial charge in [0.1, 0.15) is 5.75 Å². The van der Waals surface area contributed by atoms with Gasteiger partial charge < -0.3 is 24.8 Å². The third-order valence-electron chi connectivity index (χ3n) is 2.99. The number of benzene rings is 1. The van der Waals surface area contributed by atoms with E-state index in [1.54, 1.807) is 7.11 Å². The van der Waals surface area contributed by atoms with Gasteiger partial charge in [-0.25, -0.2) is 4.99 Å². The van der Waals surface area contributed by atoms with Crippen molar-refractivity contribution in [1.82, 2.24) is 10.6 Å². The van der Waals surface area contributed by atoms with Crippen LogP contribution in [-0.2, 0) is 16.0 Å². The zero-order valence-corrected chi connectivity index (χ0v) is 17.2. The lowest BCUT2D eigenvalue weighted by Crippen LogP contribution is -2.39. The van der Waals surface area contributed by atoms with Gasteiger partial charge >= 0.3 is 0 Å². The number of halogens is 1. The quantitative estimate of drug-likeness (QED) is 0.234. The highest BCUT2D eigenvalue weighted by atomic mass is 127. The summed E-state index contributed by atoms with van der Waals surface area (Å²) in [6.45, 7) is 8.58. The number of nitrogens with one attached hydrogen (secondary N) is 2. The second-order valence-electron chi connectivity index (χ2n) is 4.77. The fraction of sp³-hybridized carbons (Fsp3) is 0.588. The molecular weight excluding hydrogens is 421 g/mol. The van der Waals surface area contributed by atoms with E-state index in [-0.39, 0.29) is 24.0 Å². The predicted molar refractivity (Wildman–Crippen MR) is 109 cm³/mol. The Labute approximate surface area is 162 Å². The van der Waals surface area contributed by atoms with Crippen molar-refractivity contribution in [2.45, 2.75) is 20.4 Å². The Morgan fingerprint density at radius 2 is 1.88 bits per heavy atom. The van der Waals surface area contributed by atoms with Crippen LogP contribution in [0.1, 0.15) is 19.4 Å². The van der Waals surface area contributed by atoms with E-state index in [1.165, 1.54) is 0 Å². The van der Waals surface area contributed by atoms with Crippen molar-refractivity contribution in [3.8, 4) is 5.75 Å². The fourth-order valence-electron chi connectivity index (χ4n) is 1.92. The first kappa shape index (κ1) is 22.9. The van der Waals surface area contributed by atoms with Crippen molar-refractivity contribution in [2.75, 3.05) is 46.6 Å². The molecule has 0 bridgehead atoms. The second-order valence-corrected chi connectivity index (χ2v) is 4.77. The Bertz CT molecular complexity index is 458. The van der Waals surface area contributed by atoms with E-state index in [4.69, 9.17) is 14.2 Å². The van der Waals surface area contributed by atoms with E-state index in [1.807, 2.05) is 38.1 Å². The molecule has 0 atom stereocenters. The van der Waals surface area contributed by atoms with Crippen LogP contribution in [0.3, 0.4) is 0 Å². The second kappa shape index (κ2) is 15.5. The molecule has 0 heterocycles. The van der Waals surface area contributed by atoms with E-state index in [0.29, 0.717) is 39.5 Å². The minimum Gasteiger partial charge on any atom is -0.494 e. The molecule has 138 valence electrons. The minimum atomic E-state index is 0. The third kappa shape index (κ3) is 9.94. The maximum Gasteiger partial charge on any atom is 0.191 e. The molecule has 0 unspecified atom stereocenters. The maximum absolute atomic E-state index is 5.62. The highest BCUT2D eigenvalue weighted by Crippen LogP contribution is 2.18. The van der Waals surface area contributed by atoms with Gasteiger partial charge in [-0.15, -0.1) is 24.0 Å². The number of nitrogens with zero attached hydrogens (tertiary/aromatic N) is 1. The van der Waals surface area contributed by atoms with Crippen LogP contribution in [0.5, 0.6) is 5.75 Å². The Morgan fingerprint density at radius 1 is 1.08 bits per heavy atom. The van der Waals surface area contributed by atoms with Crippen LogP contribution in [0, 0.1) is 0 Å². The molecule has 0 aliphatic rings. The number of para-hydroxylation sites is 1. The van der Waals surface area contributed by atoms with Gasteiger partial charge in [0.2, 0.25) is 0 Å². The zero-order chi connectivity index (χ0) is 16.8. The highest BCUT2D eigenvalue weighted by Gasteiger charge is 2.03. The molecule has 0 saturated heterocycles. The SMILES string of the molecule is CCNC(=NCc1ccccc1OCC)NCCOCCOC.I. The number of guanidine groups is 1. The number of hydrogen-bond donors (Lipinski definition) is 2. The number of methoxy groups -OCH3 is 1. The zero-order valence-electron chi connectivity index (χ0n) is 14.8. The van der Waals surface area contributed by atoms with Crippen molar-refractivity contribution >= 4 is 29.9 Å². The molecular formula is C17H30IN3O3. The Kier molecular flexibility index (Phi) is 14.8. The first-order valence-electron chi connectivity index (χ1n) is 8.11. The van der Waals surface area contributed by atoms with Crippen LogP contribution in [0.4, 0.5) is 0 Å². The Morgan fingerprint density at radius 3 is 2.58 bits per heavy atom. The topological polar surface area (TPSA) is 64.1 Å². The average molecular weight is 451 g/mol. The van der Waals surface area contributed by atoms with Gasteiger partial charge in [-0.3, -0.25) is 0 Å². The molecule has 0 aromatic heterocycles. The molecule has 24 heavy (non-hydrogen) atoms. The lowest BCUT2D eigenvalue weighted by atomic mass is 10.2. The summed E-state index contributed by atoms with van der Waals surface area (Å²) < 4.78 is 16.0. The summed E-state index contributed by atoms with van der Waals surface area (Å²) in [5.74, 6) is 1.66. The molecule has 0 aliphatic carbocycles. The monoisotopic (exact) mass is 451 g/mol. The number of hydrogen-bond acceptors (Lipinski definition) is 4. The summed E-state index contributed by atoms with van der Waals surface area (Å²) >= 11 is 0. The fourth-order valence-corrected chi connectivity index (χ4v) is 1.92. The standard InChI is InChI=1S/C17H29N3O3.HI/c1-4-18-17(19-10-11-22-13-12-21-3)20-14-15-8-6-7-9-16(15)23-5-2;/h6-9H,4-5,10-14H2,1-3H3,(H2,18,19,20);1H. The van der Waals surface area contributed by atoms with E-state index in [2.05, 4.69) is 15.6 Å². The van der Waals surface area contributed by atoms with Crippen LogP contribution in [0.15, 0.2) is 29.3 Å². The van der Waals surface area contributed by atoms with Gasteiger partial charge in [0.15, 0.2) is 5.96 Å². The lowest BCUT2D eigenvalue weighted by Gasteiger charge is -2.12. The van der Waals surface area contributed by atoms with Gasteiger partial charge in [-0.2, -0.15) is 0 Å². The van der Waals surface area contributed by atoms with Crippen molar-refractivity contribution < 1.29 is 14.2 Å². The average Bonchev–Trinajstić information content (AvgIpc) is 2.57. The van der Waals surface area contributed by atoms with Crippen LogP contribution in [-0.4, -0.2) is 52.6 Å². The van der Waals surface area contributed by atoms with Crippen LogP contribution in [0.2, 0.25) is 0 Å². The molecule has 0 aliphatic heterocycles. The third-order valence-corrected chi connectivity index (χ3v) is 2.99. The van der Waals surface area contributed by atoms with Crippen molar-refractivity contribution in [3.05, 3.63) is 29.8 Å². The maximum atomic E-state index is 5.62. The minimum absolute atomic E-state index is 0. The molecule has 6 nitrogen and oxygen atoms in total. The summed E-state index contributed by atoms with van der Waals surface area (Å²) in [5.41, 5.74) is 1.07. The molecule has 1 rings (SSSR count). The highest BCUT2D eigenvalue weighted by molar-refractivity contribution is 14.0. The van der Waals surface area contributed by atoms with Gasteiger partial charge in [0.05, 0.1) is 33.0 Å². The number of aliphatic imine (C=N–C) groups is 1. The first-order valence-corrected chi connectivity index (χ1v) is 8.11. The smallest absolute Gasteiger partial charge is 0.191 e. The van der Waals surface area contributed by atoms with Gasteiger partial charge in [-0.05, 0) is 19.9 Å². The van der Waals surface area contributed by atoms with Crippen molar-refractivity contribution in [3.63, 3.8) is 0 Å². The van der Waals surface area contributed by atoms with Crippen molar-refractivity contribution in [2.24, 2.45) is 4.99 Å². The van der Waals surface area contributed by atoms with Crippen LogP contribution >= 0.6 is 24.0 Å². The molecule has 1 aromatic rings. The molecule has 1 aromatic carbocycles. The van der Waals surface area contributed by atoms with Crippen molar-refractivity contribution in [1.29, 1.82) is 0 Å². The summed E-state index contributed by atoms with van der Waals surface area (Å²) in [4.78, 5) is 4.59. The van der Waals surface area contributed by atoms with E-state index in [0.717, 1.165) is 23.8 Å². The molecule has 0 saturated carbocycles. The summed E-state index contributed by atoms with van der Waals surface area (Å²) in [5, 5.41) is 6.48. The van der Waals surface area contributed by atoms with Gasteiger partial charge in [-0.1, -0.05) is 18.2 Å². The van der Waals surface area contributed by atoms with Gasteiger partial charge in [0, 0.05) is 25.8 Å². The predicted octanol–water partition coefficient (Wildman–Crippen LogP) is 2.42. The Hall–Kier alpha value is -1.06. The summed E-state index contributed by atoms with van der Waals surface area (Å²) in [7, 11) is 1.66. The van der Waals surface area contributed by atoms with E-state index in [9.17, 15) is 0 Å². The van der Waals surface area contributed by atoms with E-state index < -0.39 is 0 Å².